The van der Waals surface area contributed by atoms with Crippen LogP contribution in [0.1, 0.15) is 175 Å². The number of hydrogen-bond acceptors (Lipinski definition) is 4. The molecule has 0 aliphatic rings. The van der Waals surface area contributed by atoms with Gasteiger partial charge in [0.25, 0.3) is 5.41 Å². The summed E-state index contributed by atoms with van der Waals surface area (Å²) >= 11 is 0. The lowest BCUT2D eigenvalue weighted by molar-refractivity contribution is -0.201. The Morgan fingerprint density at radius 3 is 1.02 bits per heavy atom. The first-order chi connectivity index (χ1) is 20.1. The van der Waals surface area contributed by atoms with Crippen molar-refractivity contribution < 1.29 is 39.6 Å². The zero-order valence-corrected chi connectivity index (χ0v) is 27.0. The van der Waals surface area contributed by atoms with Crippen molar-refractivity contribution in [1.29, 1.82) is 0 Å². The molecule has 8 nitrogen and oxygen atoms in total. The van der Waals surface area contributed by atoms with Crippen LogP contribution in [0.3, 0.4) is 0 Å². The average Bonchev–Trinajstić information content (AvgIpc) is 2.93. The first kappa shape index (κ1) is 39.9. The molecule has 0 heterocycles. The van der Waals surface area contributed by atoms with Crippen LogP contribution in [-0.4, -0.2) is 44.3 Å². The first-order valence-electron chi connectivity index (χ1n) is 17.0. The largest absolute Gasteiger partial charge is 0.481 e. The Hall–Kier alpha value is -2.12. The monoisotopic (exact) mass is 598 g/mol. The minimum atomic E-state index is -3.46. The van der Waals surface area contributed by atoms with Crippen molar-refractivity contribution in [3.63, 3.8) is 0 Å². The van der Waals surface area contributed by atoms with E-state index in [9.17, 15) is 39.6 Å². The van der Waals surface area contributed by atoms with Gasteiger partial charge in [0, 0.05) is 0 Å². The maximum atomic E-state index is 12.8. The molecule has 246 valence electrons. The Labute approximate surface area is 255 Å². The normalized spacial score (nSPS) is 13.9. The molecule has 4 N–H and O–H groups in total. The highest BCUT2D eigenvalue weighted by atomic mass is 16.4. The molecule has 0 saturated carbocycles. The van der Waals surface area contributed by atoms with E-state index in [-0.39, 0.29) is 19.3 Å². The summed E-state index contributed by atoms with van der Waals surface area (Å²) < 4.78 is 0. The zero-order valence-electron chi connectivity index (χ0n) is 27.0. The van der Waals surface area contributed by atoms with Crippen LogP contribution >= 0.6 is 0 Å². The van der Waals surface area contributed by atoms with Crippen LogP contribution in [0.25, 0.3) is 0 Å². The molecule has 0 saturated heterocycles. The van der Waals surface area contributed by atoms with Crippen LogP contribution in [0.4, 0.5) is 0 Å². The Kier molecular flexibility index (Phi) is 22.2. The van der Waals surface area contributed by atoms with Gasteiger partial charge in [0.2, 0.25) is 0 Å². The molecule has 0 radical (unpaired) electrons. The second-order valence-corrected chi connectivity index (χ2v) is 12.5. The van der Waals surface area contributed by atoms with E-state index in [1.807, 2.05) is 0 Å². The van der Waals surface area contributed by atoms with Crippen molar-refractivity contribution in [2.45, 2.75) is 175 Å². The van der Waals surface area contributed by atoms with Gasteiger partial charge in [-0.1, -0.05) is 162 Å². The van der Waals surface area contributed by atoms with E-state index in [0.717, 1.165) is 51.4 Å². The number of carbonyl (C=O) groups is 4. The van der Waals surface area contributed by atoms with Crippen molar-refractivity contribution >= 4 is 23.9 Å². The van der Waals surface area contributed by atoms with E-state index in [1.54, 1.807) is 0 Å². The molecular formula is C34H62O8. The number of carboxylic acids is 4. The summed E-state index contributed by atoms with van der Waals surface area (Å²) in [6, 6.07) is 0. The first-order valence-corrected chi connectivity index (χ1v) is 17.0. The molecule has 2 unspecified atom stereocenters. The number of unbranched alkanes of at least 4 members (excludes halogenated alkanes) is 20. The molecule has 0 aliphatic heterocycles. The molecule has 2 atom stereocenters. The SMILES string of the molecule is CCCCCCCCCCCCCC(C)C(CCCCCCCCCCCCC)(C(=O)O)C(C(=O)O)(C(=O)O)C(=O)O. The fraction of sp³-hybridized carbons (Fsp3) is 0.882. The van der Waals surface area contributed by atoms with Crippen LogP contribution in [0, 0.1) is 16.7 Å². The summed E-state index contributed by atoms with van der Waals surface area (Å²) in [7, 11) is 0. The van der Waals surface area contributed by atoms with Gasteiger partial charge < -0.3 is 20.4 Å². The van der Waals surface area contributed by atoms with Gasteiger partial charge in [-0.2, -0.15) is 0 Å². The van der Waals surface area contributed by atoms with Crippen LogP contribution in [0.2, 0.25) is 0 Å². The third-order valence-electron chi connectivity index (χ3n) is 9.27. The summed E-state index contributed by atoms with van der Waals surface area (Å²) in [6.07, 6.45) is 23.0. The Morgan fingerprint density at radius 1 is 0.452 bits per heavy atom. The van der Waals surface area contributed by atoms with Gasteiger partial charge in [-0.15, -0.1) is 0 Å². The molecule has 8 heteroatoms. The Bertz CT molecular complexity index is 729. The molecule has 0 aromatic heterocycles. The van der Waals surface area contributed by atoms with Crippen molar-refractivity contribution in [1.82, 2.24) is 0 Å². The standard InChI is InChI=1S/C34H62O8/c1-4-6-8-10-12-14-16-18-20-22-24-26-28(3)33(29(35)36,34(30(37)38,31(39)40)32(41)42)27-25-23-21-19-17-15-13-11-9-7-5-2/h28H,4-27H2,1-3H3,(H,35,36)(H,37,38)(H,39,40)(H,41,42). The lowest BCUT2D eigenvalue weighted by atomic mass is 9.54. The molecule has 0 fully saturated rings. The Morgan fingerprint density at radius 2 is 0.738 bits per heavy atom. The van der Waals surface area contributed by atoms with Crippen LogP contribution in [0.5, 0.6) is 0 Å². The molecule has 0 spiro atoms. The number of carboxylic acid groups (broad SMARTS) is 4. The quantitative estimate of drug-likeness (QED) is 0.0472. The number of aliphatic carboxylic acids is 4. The predicted octanol–water partition coefficient (Wildman–Crippen LogP) is 9.34. The molecule has 0 amide bonds. The second-order valence-electron chi connectivity index (χ2n) is 12.5. The fourth-order valence-electron chi connectivity index (χ4n) is 6.56. The van der Waals surface area contributed by atoms with Gasteiger partial charge in [0.1, 0.15) is 5.41 Å². The van der Waals surface area contributed by atoms with E-state index in [4.69, 9.17) is 0 Å². The molecule has 42 heavy (non-hydrogen) atoms. The highest BCUT2D eigenvalue weighted by Gasteiger charge is 2.73. The van der Waals surface area contributed by atoms with Crippen molar-refractivity contribution in [2.75, 3.05) is 0 Å². The van der Waals surface area contributed by atoms with Gasteiger partial charge in [0.15, 0.2) is 0 Å². The minimum absolute atomic E-state index is 0.261. The van der Waals surface area contributed by atoms with Gasteiger partial charge in [-0.05, 0) is 18.8 Å². The highest BCUT2D eigenvalue weighted by Crippen LogP contribution is 2.52. The average molecular weight is 599 g/mol. The predicted molar refractivity (Wildman–Crippen MR) is 167 cm³/mol. The second kappa shape index (κ2) is 23.3. The molecule has 0 bridgehead atoms. The number of rotatable bonds is 30. The molecule has 0 aromatic carbocycles. The van der Waals surface area contributed by atoms with Gasteiger partial charge in [0.05, 0.1) is 0 Å². The molecule has 0 rings (SSSR count). The van der Waals surface area contributed by atoms with Crippen molar-refractivity contribution in [3.05, 3.63) is 0 Å². The molecule has 0 aliphatic carbocycles. The maximum Gasteiger partial charge on any atom is 0.333 e. The Balaban J connectivity index is 5.24. The smallest absolute Gasteiger partial charge is 0.333 e. The summed E-state index contributed by atoms with van der Waals surface area (Å²) in [5, 5.41) is 40.5. The zero-order chi connectivity index (χ0) is 31.9. The summed E-state index contributed by atoms with van der Waals surface area (Å²) in [6.45, 7) is 5.91. The van der Waals surface area contributed by atoms with Crippen LogP contribution < -0.4 is 0 Å². The lowest BCUT2D eigenvalue weighted by Gasteiger charge is -2.43. The van der Waals surface area contributed by atoms with Gasteiger partial charge in [-0.3, -0.25) is 19.2 Å². The summed E-state index contributed by atoms with van der Waals surface area (Å²) in [5.41, 5.74) is -5.93. The van der Waals surface area contributed by atoms with E-state index < -0.39 is 40.6 Å². The summed E-state index contributed by atoms with van der Waals surface area (Å²) in [5.74, 6) is -8.98. The maximum absolute atomic E-state index is 12.8. The van der Waals surface area contributed by atoms with E-state index in [2.05, 4.69) is 13.8 Å². The van der Waals surface area contributed by atoms with Crippen molar-refractivity contribution in [3.8, 4) is 0 Å². The fourth-order valence-corrected chi connectivity index (χ4v) is 6.56. The highest BCUT2D eigenvalue weighted by molar-refractivity contribution is 6.20. The molecule has 0 aromatic rings. The van der Waals surface area contributed by atoms with Gasteiger partial charge in [-0.25, -0.2) is 0 Å². The van der Waals surface area contributed by atoms with Crippen LogP contribution in [0.15, 0.2) is 0 Å². The van der Waals surface area contributed by atoms with E-state index >= 15 is 0 Å². The van der Waals surface area contributed by atoms with Crippen LogP contribution in [-0.2, 0) is 19.2 Å². The lowest BCUT2D eigenvalue weighted by Crippen LogP contribution is -2.64. The minimum Gasteiger partial charge on any atom is -0.481 e. The van der Waals surface area contributed by atoms with E-state index in [1.165, 1.54) is 77.6 Å². The third-order valence-corrected chi connectivity index (χ3v) is 9.27. The summed E-state index contributed by atoms with van der Waals surface area (Å²) in [4.78, 5) is 50.0. The van der Waals surface area contributed by atoms with Crippen molar-refractivity contribution in [2.24, 2.45) is 16.7 Å². The third kappa shape index (κ3) is 12.6. The van der Waals surface area contributed by atoms with E-state index in [0.29, 0.717) is 12.8 Å². The molecular weight excluding hydrogens is 536 g/mol. The number of hydrogen-bond donors (Lipinski definition) is 4. The topological polar surface area (TPSA) is 149 Å². The van der Waals surface area contributed by atoms with Gasteiger partial charge >= 0.3 is 23.9 Å².